The molecule has 6 aromatic carbocycles. The second kappa shape index (κ2) is 14.3. The molecular weight excluding hydrogens is 753 g/mol. The molecule has 0 bridgehead atoms. The van der Waals surface area contributed by atoms with Crippen molar-refractivity contribution in [1.82, 2.24) is 9.55 Å². The maximum atomic E-state index is 13.8. The van der Waals surface area contributed by atoms with Gasteiger partial charge in [0.15, 0.2) is 6.23 Å². The van der Waals surface area contributed by atoms with Crippen LogP contribution in [0.3, 0.4) is 0 Å². The van der Waals surface area contributed by atoms with Crippen LogP contribution < -0.4 is 20.7 Å². The lowest BCUT2D eigenvalue weighted by Gasteiger charge is -2.45. The molecule has 57 heavy (non-hydrogen) atoms. The van der Waals surface area contributed by atoms with Crippen LogP contribution in [-0.4, -0.2) is 37.9 Å². The first-order valence-corrected chi connectivity index (χ1v) is 20.6. The summed E-state index contributed by atoms with van der Waals surface area (Å²) in [5.41, 5.74) is 4.76. The molecule has 3 aliphatic heterocycles. The summed E-state index contributed by atoms with van der Waals surface area (Å²) >= 11 is 3.39. The van der Waals surface area contributed by atoms with Crippen molar-refractivity contribution in [3.8, 4) is 23.0 Å². The Morgan fingerprint density at radius 3 is 1.37 bits per heavy atom. The summed E-state index contributed by atoms with van der Waals surface area (Å²) in [6.45, 7) is -0.317. The summed E-state index contributed by atoms with van der Waals surface area (Å²) in [6, 6.07) is 54.4. The van der Waals surface area contributed by atoms with Crippen LogP contribution in [0, 0.1) is 0 Å². The summed E-state index contributed by atoms with van der Waals surface area (Å²) in [7, 11) is 0. The topological polar surface area (TPSA) is 103 Å². The van der Waals surface area contributed by atoms with Crippen LogP contribution in [0.4, 0.5) is 0 Å². The number of thioether (sulfide) groups is 2. The number of aromatic amines is 1. The van der Waals surface area contributed by atoms with E-state index in [0.717, 1.165) is 56.4 Å². The minimum atomic E-state index is -0.907. The standard InChI is InChI=1S/C47H36N2O6S2/c50-29-40-42(56-46(30-15-3-1-4-16-30)32-19-7-11-23-36(32)53-37-24-12-8-20-33(37)46)43(44(55-40)49-28-27-41(51)48-45(49)52)57-47(31-17-5-2-6-18-31)34-21-9-13-25-38(34)54-39-26-14-10-22-35(39)47/h1-28,40,42-44,50H,29H2,(H,48,51,52)/t40-,42+,43+,44-/m0/s1. The van der Waals surface area contributed by atoms with E-state index in [9.17, 15) is 14.7 Å². The second-order valence-electron chi connectivity index (χ2n) is 14.2. The van der Waals surface area contributed by atoms with E-state index in [1.807, 2.05) is 109 Å². The van der Waals surface area contributed by atoms with Gasteiger partial charge in [-0.3, -0.25) is 14.3 Å². The Balaban J connectivity index is 1.25. The molecule has 8 nitrogen and oxygen atoms in total. The Kier molecular flexibility index (Phi) is 8.94. The number of nitrogens with one attached hydrogen (secondary N) is 1. The number of rotatable bonds is 8. The highest BCUT2D eigenvalue weighted by atomic mass is 32.2. The van der Waals surface area contributed by atoms with Crippen LogP contribution >= 0.6 is 23.5 Å². The minimum absolute atomic E-state index is 0.317. The summed E-state index contributed by atoms with van der Waals surface area (Å²) in [5.74, 6) is 2.91. The van der Waals surface area contributed by atoms with E-state index >= 15 is 0 Å². The molecule has 7 aromatic rings. The van der Waals surface area contributed by atoms with Crippen LogP contribution in [0.15, 0.2) is 180 Å². The van der Waals surface area contributed by atoms with Gasteiger partial charge < -0.3 is 19.3 Å². The molecule has 1 aromatic heterocycles. The number of hydrogen-bond acceptors (Lipinski definition) is 8. The molecule has 3 aliphatic rings. The first-order valence-electron chi connectivity index (χ1n) is 18.8. The third-order valence-corrected chi connectivity index (χ3v) is 15.0. The molecule has 0 amide bonds. The van der Waals surface area contributed by atoms with Gasteiger partial charge in [-0.1, -0.05) is 133 Å². The van der Waals surface area contributed by atoms with Crippen LogP contribution in [0.25, 0.3) is 0 Å². The largest absolute Gasteiger partial charge is 0.457 e. The number of hydrogen-bond donors (Lipinski definition) is 2. The van der Waals surface area contributed by atoms with Crippen LogP contribution in [0.1, 0.15) is 39.6 Å². The van der Waals surface area contributed by atoms with Crippen molar-refractivity contribution in [1.29, 1.82) is 0 Å². The van der Waals surface area contributed by atoms with Crippen LogP contribution in [0.2, 0.25) is 0 Å². The van der Waals surface area contributed by atoms with E-state index in [4.69, 9.17) is 14.2 Å². The maximum absolute atomic E-state index is 13.8. The van der Waals surface area contributed by atoms with E-state index in [1.54, 1.807) is 23.5 Å². The number of aliphatic hydroxyl groups is 1. The Bertz CT molecular complexity index is 2630. The van der Waals surface area contributed by atoms with Crippen molar-refractivity contribution in [2.45, 2.75) is 32.3 Å². The average Bonchev–Trinajstić information content (AvgIpc) is 3.59. The summed E-state index contributed by atoms with van der Waals surface area (Å²) < 4.78 is 19.9. The lowest BCUT2D eigenvalue weighted by atomic mass is 9.81. The molecule has 0 spiro atoms. The lowest BCUT2D eigenvalue weighted by Crippen LogP contribution is -2.42. The van der Waals surface area contributed by atoms with E-state index in [0.29, 0.717) is 0 Å². The monoisotopic (exact) mass is 788 g/mol. The third-order valence-electron chi connectivity index (χ3n) is 11.1. The van der Waals surface area contributed by atoms with Crippen LogP contribution in [-0.2, 0) is 14.2 Å². The van der Waals surface area contributed by atoms with E-state index in [-0.39, 0.29) is 6.61 Å². The van der Waals surface area contributed by atoms with E-state index in [1.165, 1.54) is 16.8 Å². The molecule has 0 saturated carbocycles. The van der Waals surface area contributed by atoms with Gasteiger partial charge in [0, 0.05) is 34.5 Å². The normalized spacial score (nSPS) is 20.9. The smallest absolute Gasteiger partial charge is 0.330 e. The van der Waals surface area contributed by atoms with Crippen molar-refractivity contribution in [2.75, 3.05) is 6.61 Å². The highest BCUT2D eigenvalue weighted by Crippen LogP contribution is 2.65. The van der Waals surface area contributed by atoms with Gasteiger partial charge in [-0.25, -0.2) is 4.79 Å². The fourth-order valence-corrected chi connectivity index (χ4v) is 12.7. The molecule has 10 rings (SSSR count). The molecule has 1 fully saturated rings. The number of aliphatic hydroxyl groups excluding tert-OH is 1. The molecule has 0 aliphatic carbocycles. The molecule has 4 atom stereocenters. The van der Waals surface area contributed by atoms with Gasteiger partial charge in [0.1, 0.15) is 23.0 Å². The predicted molar refractivity (Wildman–Crippen MR) is 224 cm³/mol. The molecule has 4 heterocycles. The van der Waals surface area contributed by atoms with Gasteiger partial charge >= 0.3 is 5.69 Å². The maximum Gasteiger partial charge on any atom is 0.330 e. The molecule has 10 heteroatoms. The summed E-state index contributed by atoms with van der Waals surface area (Å²) in [5, 5.41) is 10.4. The zero-order valence-electron chi connectivity index (χ0n) is 30.4. The number of H-pyrrole nitrogens is 1. The van der Waals surface area contributed by atoms with Gasteiger partial charge in [-0.15, -0.1) is 23.5 Å². The Labute approximate surface area is 337 Å². The Morgan fingerprint density at radius 2 is 0.947 bits per heavy atom. The second-order valence-corrected chi connectivity index (χ2v) is 17.0. The summed E-state index contributed by atoms with van der Waals surface area (Å²) in [6.07, 6.45) is -0.152. The fraction of sp³-hybridized carbons (Fsp3) is 0.149. The number of ether oxygens (including phenoxy) is 3. The fourth-order valence-electron chi connectivity index (χ4n) is 8.65. The highest BCUT2D eigenvalue weighted by Gasteiger charge is 2.57. The minimum Gasteiger partial charge on any atom is -0.457 e. The molecule has 282 valence electrons. The van der Waals surface area contributed by atoms with Gasteiger partial charge in [0.25, 0.3) is 5.56 Å². The number of nitrogens with zero attached hydrogens (tertiary/aromatic N) is 1. The highest BCUT2D eigenvalue weighted by molar-refractivity contribution is 8.05. The quantitative estimate of drug-likeness (QED) is 0.158. The van der Waals surface area contributed by atoms with Crippen molar-refractivity contribution in [3.05, 3.63) is 224 Å². The van der Waals surface area contributed by atoms with Crippen LogP contribution in [0.5, 0.6) is 23.0 Å². The van der Waals surface area contributed by atoms with Crippen molar-refractivity contribution >= 4 is 23.5 Å². The van der Waals surface area contributed by atoms with E-state index in [2.05, 4.69) is 53.5 Å². The Hall–Kier alpha value is -5.78. The first-order chi connectivity index (χ1) is 28.0. The van der Waals surface area contributed by atoms with Gasteiger partial charge in [-0.2, -0.15) is 0 Å². The van der Waals surface area contributed by atoms with Gasteiger partial charge in [-0.05, 0) is 35.4 Å². The SMILES string of the molecule is O=c1ccn([C@H]2O[C@@H](CO)[C@@H](SC3(c4ccccc4)c4ccccc4Oc4ccccc43)[C@H]2SC2(c3ccccc3)c3ccccc3Oc3ccccc32)c(=O)[nH]1. The average molecular weight is 789 g/mol. The molecule has 0 unspecified atom stereocenters. The molecule has 2 N–H and O–H groups in total. The predicted octanol–water partition coefficient (Wildman–Crippen LogP) is 8.83. The molecule has 1 saturated heterocycles. The zero-order chi connectivity index (χ0) is 38.6. The third kappa shape index (κ3) is 5.69. The van der Waals surface area contributed by atoms with Crippen molar-refractivity contribution < 1.29 is 19.3 Å². The molecular formula is C47H36N2O6S2. The zero-order valence-corrected chi connectivity index (χ0v) is 32.1. The summed E-state index contributed by atoms with van der Waals surface area (Å²) in [4.78, 5) is 28.7. The number of para-hydroxylation sites is 4. The number of aromatic nitrogens is 2. The lowest BCUT2D eigenvalue weighted by molar-refractivity contribution is -0.0226. The number of benzene rings is 6. The van der Waals surface area contributed by atoms with Gasteiger partial charge in [0.2, 0.25) is 0 Å². The number of fused-ring (bicyclic) bond motifs is 4. The van der Waals surface area contributed by atoms with Crippen molar-refractivity contribution in [3.63, 3.8) is 0 Å². The van der Waals surface area contributed by atoms with E-state index < -0.39 is 43.6 Å². The Morgan fingerprint density at radius 1 is 0.544 bits per heavy atom. The van der Waals surface area contributed by atoms with Crippen molar-refractivity contribution in [2.24, 2.45) is 0 Å². The van der Waals surface area contributed by atoms with Gasteiger partial charge in [0.05, 0.1) is 32.7 Å². The first kappa shape index (κ1) is 35.6. The molecule has 0 radical (unpaired) electrons.